The van der Waals surface area contributed by atoms with Gasteiger partial charge in [-0.25, -0.2) is 10.4 Å². The average Bonchev–Trinajstić information content (AvgIpc) is 2.78. The fourth-order valence-corrected chi connectivity index (χ4v) is 1.52. The third kappa shape index (κ3) is 1.90. The van der Waals surface area contributed by atoms with Crippen LogP contribution in [-0.2, 0) is 14.1 Å². The first-order valence-electron chi connectivity index (χ1n) is 4.63. The Balaban J connectivity index is 2.32. The molecule has 3 N–H and O–H groups in total. The molecule has 0 bridgehead atoms. The van der Waals surface area contributed by atoms with Crippen molar-refractivity contribution in [3.63, 3.8) is 0 Å². The zero-order valence-electron chi connectivity index (χ0n) is 8.75. The van der Waals surface area contributed by atoms with Crippen molar-refractivity contribution in [2.75, 3.05) is 0 Å². The lowest BCUT2D eigenvalue weighted by atomic mass is 10.1. The smallest absolute Gasteiger partial charge is 0.0947 e. The van der Waals surface area contributed by atoms with E-state index in [1.54, 1.807) is 17.2 Å². The molecular formula is C9H14N6. The topological polar surface area (TPSA) is 73.7 Å². The molecular weight excluding hydrogens is 192 g/mol. The Morgan fingerprint density at radius 3 is 2.67 bits per heavy atom. The first kappa shape index (κ1) is 9.88. The van der Waals surface area contributed by atoms with Crippen LogP contribution in [0.1, 0.15) is 17.3 Å². The van der Waals surface area contributed by atoms with Gasteiger partial charge in [-0.1, -0.05) is 0 Å². The van der Waals surface area contributed by atoms with Crippen molar-refractivity contribution in [1.82, 2.24) is 24.8 Å². The number of rotatable bonds is 3. The van der Waals surface area contributed by atoms with Crippen molar-refractivity contribution < 1.29 is 0 Å². The Hall–Kier alpha value is -1.66. The molecule has 15 heavy (non-hydrogen) atoms. The molecule has 2 rings (SSSR count). The van der Waals surface area contributed by atoms with Crippen LogP contribution in [-0.4, -0.2) is 19.3 Å². The highest BCUT2D eigenvalue weighted by molar-refractivity contribution is 5.21. The molecule has 0 saturated carbocycles. The summed E-state index contributed by atoms with van der Waals surface area (Å²) in [5, 5.41) is 4.10. The Kier molecular flexibility index (Phi) is 2.53. The number of nitrogens with zero attached hydrogens (tertiary/aromatic N) is 4. The minimum atomic E-state index is -0.111. The van der Waals surface area contributed by atoms with Crippen molar-refractivity contribution in [3.8, 4) is 0 Å². The van der Waals surface area contributed by atoms with Crippen LogP contribution in [0.25, 0.3) is 0 Å². The molecule has 6 nitrogen and oxygen atoms in total. The van der Waals surface area contributed by atoms with E-state index in [9.17, 15) is 0 Å². The fourth-order valence-electron chi connectivity index (χ4n) is 1.52. The molecule has 0 aliphatic rings. The lowest BCUT2D eigenvalue weighted by molar-refractivity contribution is 0.622. The molecule has 0 spiro atoms. The molecule has 0 aromatic carbocycles. The molecule has 1 unspecified atom stereocenters. The lowest BCUT2D eigenvalue weighted by Gasteiger charge is -2.10. The summed E-state index contributed by atoms with van der Waals surface area (Å²) in [6, 6.07) is -0.111. The summed E-state index contributed by atoms with van der Waals surface area (Å²) in [6.07, 6.45) is 7.37. The van der Waals surface area contributed by atoms with Crippen LogP contribution in [0.4, 0.5) is 0 Å². The van der Waals surface area contributed by atoms with Gasteiger partial charge in [-0.3, -0.25) is 10.5 Å². The van der Waals surface area contributed by atoms with Gasteiger partial charge in [0, 0.05) is 32.1 Å². The monoisotopic (exact) mass is 206 g/mol. The number of hydrazine groups is 1. The van der Waals surface area contributed by atoms with Crippen LogP contribution in [0.15, 0.2) is 24.9 Å². The van der Waals surface area contributed by atoms with E-state index in [-0.39, 0.29) is 6.04 Å². The molecule has 2 heterocycles. The number of aryl methyl sites for hydroxylation is 2. The van der Waals surface area contributed by atoms with Gasteiger partial charge in [0.2, 0.25) is 0 Å². The van der Waals surface area contributed by atoms with Gasteiger partial charge in [0.25, 0.3) is 0 Å². The van der Waals surface area contributed by atoms with Crippen molar-refractivity contribution in [1.29, 1.82) is 0 Å². The van der Waals surface area contributed by atoms with Crippen LogP contribution in [0.5, 0.6) is 0 Å². The number of nitrogens with two attached hydrogens (primary N) is 1. The minimum Gasteiger partial charge on any atom is -0.340 e. The fraction of sp³-hybridized carbons (Fsp3) is 0.333. The quantitative estimate of drug-likeness (QED) is 0.534. The predicted octanol–water partition coefficient (Wildman–Crippen LogP) is -0.294. The van der Waals surface area contributed by atoms with Crippen LogP contribution in [0.2, 0.25) is 0 Å². The summed E-state index contributed by atoms with van der Waals surface area (Å²) < 4.78 is 3.62. The zero-order chi connectivity index (χ0) is 10.8. The highest BCUT2D eigenvalue weighted by Gasteiger charge is 2.16. The predicted molar refractivity (Wildman–Crippen MR) is 55.6 cm³/mol. The normalized spacial score (nSPS) is 13.0. The maximum absolute atomic E-state index is 5.52. The van der Waals surface area contributed by atoms with Crippen molar-refractivity contribution in [2.24, 2.45) is 19.9 Å². The Morgan fingerprint density at radius 2 is 2.20 bits per heavy atom. The SMILES string of the molecule is Cn1cnc(C(NN)c2cnn(C)c2)c1. The molecule has 1 atom stereocenters. The van der Waals surface area contributed by atoms with E-state index in [1.165, 1.54) is 0 Å². The van der Waals surface area contributed by atoms with Crippen LogP contribution in [0.3, 0.4) is 0 Å². The second-order valence-corrected chi connectivity index (χ2v) is 3.51. The Labute approximate surface area is 87.7 Å². The molecule has 0 amide bonds. The van der Waals surface area contributed by atoms with Gasteiger partial charge in [0.1, 0.15) is 0 Å². The number of hydrogen-bond donors (Lipinski definition) is 2. The maximum atomic E-state index is 5.52. The van der Waals surface area contributed by atoms with Gasteiger partial charge in [-0.15, -0.1) is 0 Å². The minimum absolute atomic E-state index is 0.111. The van der Waals surface area contributed by atoms with Crippen molar-refractivity contribution in [3.05, 3.63) is 36.2 Å². The van der Waals surface area contributed by atoms with Gasteiger partial charge in [0.15, 0.2) is 0 Å². The van der Waals surface area contributed by atoms with Gasteiger partial charge in [-0.2, -0.15) is 5.10 Å². The van der Waals surface area contributed by atoms with Gasteiger partial charge < -0.3 is 4.57 Å². The van der Waals surface area contributed by atoms with E-state index in [4.69, 9.17) is 5.84 Å². The summed E-state index contributed by atoms with van der Waals surface area (Å²) in [5.41, 5.74) is 4.61. The zero-order valence-corrected chi connectivity index (χ0v) is 8.75. The summed E-state index contributed by atoms with van der Waals surface area (Å²) >= 11 is 0. The van der Waals surface area contributed by atoms with Crippen LogP contribution in [0, 0.1) is 0 Å². The number of nitrogens with one attached hydrogen (secondary N) is 1. The first-order valence-corrected chi connectivity index (χ1v) is 4.63. The highest BCUT2D eigenvalue weighted by Crippen LogP contribution is 2.18. The Bertz CT molecular complexity index is 403. The Morgan fingerprint density at radius 1 is 1.40 bits per heavy atom. The van der Waals surface area contributed by atoms with Gasteiger partial charge in [0.05, 0.1) is 24.3 Å². The number of imidazole rings is 1. The summed E-state index contributed by atoms with van der Waals surface area (Å²) in [7, 11) is 3.79. The summed E-state index contributed by atoms with van der Waals surface area (Å²) in [4.78, 5) is 4.26. The molecule has 80 valence electrons. The average molecular weight is 206 g/mol. The largest absolute Gasteiger partial charge is 0.340 e. The molecule has 0 aliphatic carbocycles. The van der Waals surface area contributed by atoms with E-state index in [0.717, 1.165) is 11.3 Å². The second-order valence-electron chi connectivity index (χ2n) is 3.51. The first-order chi connectivity index (χ1) is 7.20. The van der Waals surface area contributed by atoms with Crippen molar-refractivity contribution in [2.45, 2.75) is 6.04 Å². The second kappa shape index (κ2) is 3.84. The molecule has 0 radical (unpaired) electrons. The van der Waals surface area contributed by atoms with E-state index in [1.807, 2.05) is 31.1 Å². The highest BCUT2D eigenvalue weighted by atomic mass is 15.3. The number of hydrogen-bond acceptors (Lipinski definition) is 4. The summed E-state index contributed by atoms with van der Waals surface area (Å²) in [6.45, 7) is 0. The third-order valence-electron chi connectivity index (χ3n) is 2.25. The number of aromatic nitrogens is 4. The van der Waals surface area contributed by atoms with E-state index in [0.29, 0.717) is 0 Å². The molecule has 2 aromatic rings. The van der Waals surface area contributed by atoms with Gasteiger partial charge >= 0.3 is 0 Å². The van der Waals surface area contributed by atoms with Crippen LogP contribution >= 0.6 is 0 Å². The molecule has 0 saturated heterocycles. The lowest BCUT2D eigenvalue weighted by Crippen LogP contribution is -2.28. The molecule has 6 heteroatoms. The van der Waals surface area contributed by atoms with E-state index in [2.05, 4.69) is 15.5 Å². The molecule has 0 fully saturated rings. The van der Waals surface area contributed by atoms with Gasteiger partial charge in [-0.05, 0) is 0 Å². The van der Waals surface area contributed by atoms with E-state index < -0.39 is 0 Å². The molecule has 2 aromatic heterocycles. The van der Waals surface area contributed by atoms with Crippen molar-refractivity contribution >= 4 is 0 Å². The third-order valence-corrected chi connectivity index (χ3v) is 2.25. The van der Waals surface area contributed by atoms with E-state index >= 15 is 0 Å². The molecule has 0 aliphatic heterocycles. The maximum Gasteiger partial charge on any atom is 0.0947 e. The standard InChI is InChI=1S/C9H14N6/c1-14-5-8(11-6-14)9(13-10)7-3-12-15(2)4-7/h3-6,9,13H,10H2,1-2H3. The van der Waals surface area contributed by atoms with Crippen LogP contribution < -0.4 is 11.3 Å². The summed E-state index contributed by atoms with van der Waals surface area (Å²) in [5.74, 6) is 5.52.